The number of aromatic nitrogens is 1. The van der Waals surface area contributed by atoms with Crippen LogP contribution in [0.1, 0.15) is 24.8 Å². The van der Waals surface area contributed by atoms with Gasteiger partial charge < -0.3 is 19.4 Å². The Morgan fingerprint density at radius 3 is 2.80 bits per heavy atom. The van der Waals surface area contributed by atoms with Crippen LogP contribution in [-0.4, -0.2) is 36.3 Å². The topological polar surface area (TPSA) is 37.5 Å². The van der Waals surface area contributed by atoms with Crippen LogP contribution in [0.15, 0.2) is 18.3 Å². The van der Waals surface area contributed by atoms with Crippen molar-refractivity contribution in [1.29, 1.82) is 0 Å². The van der Waals surface area contributed by atoms with E-state index < -0.39 is 0 Å². The van der Waals surface area contributed by atoms with Gasteiger partial charge >= 0.3 is 0 Å². The molecule has 1 aliphatic carbocycles. The summed E-state index contributed by atoms with van der Waals surface area (Å²) in [6.07, 6.45) is 7.32. The predicted octanol–water partition coefficient (Wildman–Crippen LogP) is 2.92. The van der Waals surface area contributed by atoms with Gasteiger partial charge in [0.05, 0.1) is 0 Å². The van der Waals surface area contributed by atoms with Gasteiger partial charge in [0.15, 0.2) is 11.5 Å². The van der Waals surface area contributed by atoms with E-state index in [1.165, 1.54) is 30.2 Å². The van der Waals surface area contributed by atoms with Gasteiger partial charge in [-0.05, 0) is 37.9 Å². The first-order chi connectivity index (χ1) is 9.81. The van der Waals surface area contributed by atoms with Crippen LogP contribution in [-0.2, 0) is 6.42 Å². The van der Waals surface area contributed by atoms with Crippen LogP contribution < -0.4 is 9.47 Å². The number of H-pyrrole nitrogens is 1. The third-order valence-corrected chi connectivity index (χ3v) is 4.69. The molecule has 20 heavy (non-hydrogen) atoms. The van der Waals surface area contributed by atoms with E-state index in [1.54, 1.807) is 0 Å². The lowest BCUT2D eigenvalue weighted by Gasteiger charge is -2.34. The fraction of sp³-hybridized carbons (Fsp3) is 0.500. The molecule has 4 heteroatoms. The van der Waals surface area contributed by atoms with Gasteiger partial charge in [-0.2, -0.15) is 0 Å². The third-order valence-electron chi connectivity index (χ3n) is 4.69. The predicted molar refractivity (Wildman–Crippen MR) is 78.4 cm³/mol. The average molecular weight is 272 g/mol. The van der Waals surface area contributed by atoms with E-state index in [4.69, 9.17) is 9.47 Å². The fourth-order valence-corrected chi connectivity index (χ4v) is 3.08. The Bertz CT molecular complexity index is 631. The number of ether oxygens (including phenoxy) is 2. The van der Waals surface area contributed by atoms with Crippen LogP contribution in [0.3, 0.4) is 0 Å². The van der Waals surface area contributed by atoms with Crippen LogP contribution in [0.5, 0.6) is 11.5 Å². The molecule has 1 N–H and O–H groups in total. The van der Waals surface area contributed by atoms with E-state index in [9.17, 15) is 0 Å². The Hall–Kier alpha value is -1.68. The summed E-state index contributed by atoms with van der Waals surface area (Å²) in [5.41, 5.74) is 2.50. The molecule has 4 nitrogen and oxygen atoms in total. The van der Waals surface area contributed by atoms with Crippen LogP contribution in [0, 0.1) is 0 Å². The van der Waals surface area contributed by atoms with Crippen molar-refractivity contribution in [3.8, 4) is 11.5 Å². The average Bonchev–Trinajstić information content (AvgIpc) is 2.97. The molecule has 1 aromatic heterocycles. The SMILES string of the molecule is CN(CCc1c[nH]c2cc3c(cc12)OCO3)C1CCC1. The highest BCUT2D eigenvalue weighted by molar-refractivity contribution is 5.86. The van der Waals surface area contributed by atoms with Gasteiger partial charge in [0.2, 0.25) is 6.79 Å². The zero-order chi connectivity index (χ0) is 13.5. The Morgan fingerprint density at radius 1 is 1.25 bits per heavy atom. The number of hydrogen-bond acceptors (Lipinski definition) is 3. The first kappa shape index (κ1) is 12.1. The fourth-order valence-electron chi connectivity index (χ4n) is 3.08. The standard InChI is InChI=1S/C16H20N2O2/c1-18(12-3-2-4-12)6-5-11-9-17-14-8-16-15(7-13(11)14)19-10-20-16/h7-9,12,17H,2-6,10H2,1H3. The van der Waals surface area contributed by atoms with Crippen LogP contribution in [0.25, 0.3) is 10.9 Å². The van der Waals surface area contributed by atoms with Crippen molar-refractivity contribution in [1.82, 2.24) is 9.88 Å². The second kappa shape index (κ2) is 4.70. The van der Waals surface area contributed by atoms with Crippen molar-refractivity contribution in [2.45, 2.75) is 31.7 Å². The summed E-state index contributed by atoms with van der Waals surface area (Å²) in [6.45, 7) is 1.45. The van der Waals surface area contributed by atoms with E-state index >= 15 is 0 Å². The zero-order valence-corrected chi connectivity index (χ0v) is 11.8. The number of rotatable bonds is 4. The molecule has 106 valence electrons. The van der Waals surface area contributed by atoms with Crippen molar-refractivity contribution in [2.75, 3.05) is 20.4 Å². The molecule has 2 aromatic rings. The van der Waals surface area contributed by atoms with Crippen LogP contribution in [0.4, 0.5) is 0 Å². The maximum atomic E-state index is 5.47. The van der Waals surface area contributed by atoms with E-state index in [1.807, 2.05) is 6.07 Å². The number of likely N-dealkylation sites (N-methyl/N-ethyl adjacent to an activating group) is 1. The highest BCUT2D eigenvalue weighted by Gasteiger charge is 2.22. The Labute approximate surface area is 118 Å². The van der Waals surface area contributed by atoms with E-state index in [0.717, 1.165) is 36.0 Å². The van der Waals surface area contributed by atoms with Crippen LogP contribution in [0.2, 0.25) is 0 Å². The van der Waals surface area contributed by atoms with E-state index in [0.29, 0.717) is 6.79 Å². The molecule has 0 saturated heterocycles. The number of aromatic amines is 1. The molecule has 4 rings (SSSR count). The molecule has 0 radical (unpaired) electrons. The Morgan fingerprint density at radius 2 is 2.05 bits per heavy atom. The molecule has 1 saturated carbocycles. The zero-order valence-electron chi connectivity index (χ0n) is 11.8. The van der Waals surface area contributed by atoms with E-state index in [2.05, 4.69) is 29.2 Å². The number of fused-ring (bicyclic) bond motifs is 2. The summed E-state index contributed by atoms with van der Waals surface area (Å²) >= 11 is 0. The second-order valence-corrected chi connectivity index (χ2v) is 5.88. The second-order valence-electron chi connectivity index (χ2n) is 5.88. The van der Waals surface area contributed by atoms with Gasteiger partial charge in [-0.1, -0.05) is 6.42 Å². The van der Waals surface area contributed by atoms with Gasteiger partial charge in [-0.25, -0.2) is 0 Å². The summed E-state index contributed by atoms with van der Waals surface area (Å²) < 4.78 is 10.9. The molecule has 0 spiro atoms. The molecular weight excluding hydrogens is 252 g/mol. The summed E-state index contributed by atoms with van der Waals surface area (Å²) in [4.78, 5) is 5.84. The highest BCUT2D eigenvalue weighted by atomic mass is 16.7. The van der Waals surface area contributed by atoms with Gasteiger partial charge in [0.25, 0.3) is 0 Å². The minimum Gasteiger partial charge on any atom is -0.454 e. The molecule has 1 aliphatic heterocycles. The maximum Gasteiger partial charge on any atom is 0.231 e. The monoisotopic (exact) mass is 272 g/mol. The largest absolute Gasteiger partial charge is 0.454 e. The minimum atomic E-state index is 0.335. The van der Waals surface area contributed by atoms with Crippen molar-refractivity contribution < 1.29 is 9.47 Å². The van der Waals surface area contributed by atoms with Crippen molar-refractivity contribution in [3.63, 3.8) is 0 Å². The molecule has 0 bridgehead atoms. The van der Waals surface area contributed by atoms with E-state index in [-0.39, 0.29) is 0 Å². The third kappa shape index (κ3) is 1.95. The smallest absolute Gasteiger partial charge is 0.231 e. The quantitative estimate of drug-likeness (QED) is 0.930. The van der Waals surface area contributed by atoms with Crippen LogP contribution >= 0.6 is 0 Å². The number of hydrogen-bond donors (Lipinski definition) is 1. The first-order valence-corrected chi connectivity index (χ1v) is 7.41. The van der Waals surface area contributed by atoms with Crippen molar-refractivity contribution in [2.24, 2.45) is 0 Å². The lowest BCUT2D eigenvalue weighted by atomic mass is 9.91. The summed E-state index contributed by atoms with van der Waals surface area (Å²) in [5, 5.41) is 1.26. The summed E-state index contributed by atoms with van der Waals surface area (Å²) in [5.74, 6) is 1.71. The molecule has 0 unspecified atom stereocenters. The molecule has 0 atom stereocenters. The Balaban J connectivity index is 1.54. The molecule has 1 fully saturated rings. The first-order valence-electron chi connectivity index (χ1n) is 7.41. The number of nitrogens with zero attached hydrogens (tertiary/aromatic N) is 1. The lowest BCUT2D eigenvalue weighted by molar-refractivity contribution is 0.161. The normalized spacial score (nSPS) is 17.9. The van der Waals surface area contributed by atoms with Gasteiger partial charge in [-0.3, -0.25) is 0 Å². The summed E-state index contributed by atoms with van der Waals surface area (Å²) in [7, 11) is 2.24. The maximum absolute atomic E-state index is 5.47. The molecular formula is C16H20N2O2. The molecule has 0 amide bonds. The number of nitrogens with one attached hydrogen (secondary N) is 1. The Kier molecular flexibility index (Phi) is 2.84. The van der Waals surface area contributed by atoms with Gasteiger partial charge in [0.1, 0.15) is 0 Å². The van der Waals surface area contributed by atoms with Crippen molar-refractivity contribution >= 4 is 10.9 Å². The summed E-state index contributed by atoms with van der Waals surface area (Å²) in [6, 6.07) is 4.95. The molecule has 1 aromatic carbocycles. The van der Waals surface area contributed by atoms with Crippen molar-refractivity contribution in [3.05, 3.63) is 23.9 Å². The van der Waals surface area contributed by atoms with Gasteiger partial charge in [-0.15, -0.1) is 0 Å². The lowest BCUT2D eigenvalue weighted by Crippen LogP contribution is -2.38. The van der Waals surface area contributed by atoms with Gasteiger partial charge in [0, 0.05) is 35.8 Å². The number of benzene rings is 1. The minimum absolute atomic E-state index is 0.335. The molecule has 2 heterocycles. The highest BCUT2D eigenvalue weighted by Crippen LogP contribution is 2.37. The molecule has 2 aliphatic rings.